The van der Waals surface area contributed by atoms with Gasteiger partial charge in [0.25, 0.3) is 0 Å². The van der Waals surface area contributed by atoms with Crippen LogP contribution in [0.1, 0.15) is 31.7 Å². The molecule has 2 heterocycles. The van der Waals surface area contributed by atoms with E-state index in [4.69, 9.17) is 10.7 Å². The van der Waals surface area contributed by atoms with E-state index in [1.807, 2.05) is 6.07 Å². The number of rotatable bonds is 3. The second-order valence-electron chi connectivity index (χ2n) is 6.51. The maximum atomic E-state index is 11.6. The van der Waals surface area contributed by atoms with Crippen molar-refractivity contribution in [3.8, 4) is 0 Å². The Morgan fingerprint density at radius 2 is 2.08 bits per heavy atom. The molecule has 4 rings (SSSR count). The van der Waals surface area contributed by atoms with Gasteiger partial charge in [-0.05, 0) is 63.6 Å². The Labute approximate surface area is 155 Å². The molecule has 1 aromatic heterocycles. The van der Waals surface area contributed by atoms with Gasteiger partial charge in [-0.2, -0.15) is 0 Å². The van der Waals surface area contributed by atoms with E-state index in [9.17, 15) is 10.1 Å². The van der Waals surface area contributed by atoms with Gasteiger partial charge in [0.2, 0.25) is 5.95 Å². The number of benzene rings is 1. The van der Waals surface area contributed by atoms with Crippen molar-refractivity contribution in [2.24, 2.45) is 5.73 Å². The molecule has 24 heavy (non-hydrogen) atoms. The molecule has 1 saturated heterocycles. The summed E-state index contributed by atoms with van der Waals surface area (Å²) in [6.45, 7) is 1.58. The first-order valence-corrected chi connectivity index (χ1v) is 9.61. The number of hydrogen-bond donors (Lipinski definition) is 1. The number of imidazole rings is 1. The standard InChI is InChI=1S/C15H17Br2N5O2/c16-10-6-11-13(14(12(10)17)22(23)24)19-15(20-5-4-8(18)7-20)21(11)9-2-1-3-9/h6,8-9H,1-5,7,18H2/t8-/m1/s1. The predicted molar refractivity (Wildman–Crippen MR) is 99.5 cm³/mol. The second-order valence-corrected chi connectivity index (χ2v) is 8.15. The smallest absolute Gasteiger partial charge is 0.312 e. The minimum Gasteiger partial charge on any atom is -0.341 e. The number of aromatic nitrogens is 2. The largest absolute Gasteiger partial charge is 0.341 e. The van der Waals surface area contributed by atoms with Gasteiger partial charge in [-0.25, -0.2) is 4.98 Å². The lowest BCUT2D eigenvalue weighted by Gasteiger charge is -2.31. The number of nitrogens with zero attached hydrogens (tertiary/aromatic N) is 4. The van der Waals surface area contributed by atoms with E-state index in [2.05, 4.69) is 41.3 Å². The first-order chi connectivity index (χ1) is 11.5. The van der Waals surface area contributed by atoms with Crippen molar-refractivity contribution in [3.63, 3.8) is 0 Å². The van der Waals surface area contributed by atoms with E-state index in [0.29, 0.717) is 20.5 Å². The minimum atomic E-state index is -0.366. The van der Waals surface area contributed by atoms with Crippen LogP contribution in [0.15, 0.2) is 15.0 Å². The number of anilines is 1. The van der Waals surface area contributed by atoms with Gasteiger partial charge in [-0.1, -0.05) is 0 Å². The van der Waals surface area contributed by atoms with Crippen LogP contribution in [0.4, 0.5) is 11.6 Å². The third-order valence-corrected chi connectivity index (χ3v) is 6.92. The molecule has 2 N–H and O–H groups in total. The summed E-state index contributed by atoms with van der Waals surface area (Å²) < 4.78 is 3.29. The van der Waals surface area contributed by atoms with Crippen LogP contribution in [-0.2, 0) is 0 Å². The lowest BCUT2D eigenvalue weighted by molar-refractivity contribution is -0.384. The van der Waals surface area contributed by atoms with E-state index in [-0.39, 0.29) is 16.7 Å². The Balaban J connectivity index is 1.98. The number of halogens is 2. The Hall–Kier alpha value is -1.19. The summed E-state index contributed by atoms with van der Waals surface area (Å²) in [4.78, 5) is 18.1. The zero-order valence-corrected chi connectivity index (χ0v) is 16.1. The van der Waals surface area contributed by atoms with Crippen molar-refractivity contribution in [1.82, 2.24) is 9.55 Å². The third kappa shape index (κ3) is 2.44. The van der Waals surface area contributed by atoms with Crippen molar-refractivity contribution in [3.05, 3.63) is 25.1 Å². The Bertz CT molecular complexity index is 833. The van der Waals surface area contributed by atoms with E-state index >= 15 is 0 Å². The molecule has 1 aromatic carbocycles. The lowest BCUT2D eigenvalue weighted by atomic mass is 9.92. The Morgan fingerprint density at radius 3 is 2.62 bits per heavy atom. The topological polar surface area (TPSA) is 90.2 Å². The molecule has 2 aliphatic rings. The lowest BCUT2D eigenvalue weighted by Crippen LogP contribution is -2.30. The number of nitrogens with two attached hydrogens (primary N) is 1. The fraction of sp³-hybridized carbons (Fsp3) is 0.533. The molecular formula is C15H17Br2N5O2. The van der Waals surface area contributed by atoms with E-state index in [0.717, 1.165) is 43.8 Å². The number of nitro groups is 1. The predicted octanol–water partition coefficient (Wildman–Crippen LogP) is 3.73. The quantitative estimate of drug-likeness (QED) is 0.558. The molecule has 1 aliphatic heterocycles. The van der Waals surface area contributed by atoms with Gasteiger partial charge >= 0.3 is 5.69 Å². The zero-order chi connectivity index (χ0) is 17.0. The van der Waals surface area contributed by atoms with Crippen molar-refractivity contribution in [1.29, 1.82) is 0 Å². The molecule has 7 nitrogen and oxygen atoms in total. The zero-order valence-electron chi connectivity index (χ0n) is 12.9. The molecule has 0 spiro atoms. The minimum absolute atomic E-state index is 0.0159. The fourth-order valence-corrected chi connectivity index (χ4v) is 4.36. The van der Waals surface area contributed by atoms with Gasteiger partial charge in [-0.3, -0.25) is 10.1 Å². The maximum Gasteiger partial charge on any atom is 0.312 e. The average molecular weight is 459 g/mol. The van der Waals surface area contributed by atoms with E-state index < -0.39 is 0 Å². The second kappa shape index (κ2) is 5.96. The van der Waals surface area contributed by atoms with Gasteiger partial charge in [0.15, 0.2) is 5.52 Å². The van der Waals surface area contributed by atoms with E-state index in [1.54, 1.807) is 0 Å². The monoisotopic (exact) mass is 457 g/mol. The highest BCUT2D eigenvalue weighted by atomic mass is 79.9. The highest BCUT2D eigenvalue weighted by molar-refractivity contribution is 9.13. The van der Waals surface area contributed by atoms with Crippen LogP contribution >= 0.6 is 31.9 Å². The van der Waals surface area contributed by atoms with Crippen molar-refractivity contribution < 1.29 is 4.92 Å². The molecule has 1 atom stereocenters. The molecular weight excluding hydrogens is 442 g/mol. The van der Waals surface area contributed by atoms with Crippen LogP contribution in [0.2, 0.25) is 0 Å². The molecule has 2 aromatic rings. The highest BCUT2D eigenvalue weighted by Gasteiger charge is 2.33. The van der Waals surface area contributed by atoms with Crippen LogP contribution in [-0.4, -0.2) is 33.6 Å². The summed E-state index contributed by atoms with van der Waals surface area (Å²) in [6.07, 6.45) is 4.27. The van der Waals surface area contributed by atoms with Crippen molar-refractivity contribution in [2.75, 3.05) is 18.0 Å². The highest BCUT2D eigenvalue weighted by Crippen LogP contribution is 2.44. The normalized spacial score (nSPS) is 21.5. The number of hydrogen-bond acceptors (Lipinski definition) is 5. The molecule has 0 radical (unpaired) electrons. The van der Waals surface area contributed by atoms with Gasteiger partial charge in [0.05, 0.1) is 10.4 Å². The Kier molecular flexibility index (Phi) is 4.04. The summed E-state index contributed by atoms with van der Waals surface area (Å²) in [5.41, 5.74) is 7.33. The summed E-state index contributed by atoms with van der Waals surface area (Å²) in [6, 6.07) is 2.42. The van der Waals surface area contributed by atoms with E-state index in [1.165, 1.54) is 6.42 Å². The summed E-state index contributed by atoms with van der Waals surface area (Å²) in [5.74, 6) is 0.816. The SMILES string of the molecule is N[C@@H]1CCN(c2nc3c([N+](=O)[O-])c(Br)c(Br)cc3n2C2CCC2)C1. The van der Waals surface area contributed by atoms with Crippen LogP contribution < -0.4 is 10.6 Å². The average Bonchev–Trinajstić information content (AvgIpc) is 3.03. The van der Waals surface area contributed by atoms with Gasteiger partial charge in [-0.15, -0.1) is 0 Å². The maximum absolute atomic E-state index is 11.6. The Morgan fingerprint density at radius 1 is 1.33 bits per heavy atom. The van der Waals surface area contributed by atoms with Crippen molar-refractivity contribution >= 4 is 54.5 Å². The summed E-state index contributed by atoms with van der Waals surface area (Å²) in [7, 11) is 0. The molecule has 1 saturated carbocycles. The molecule has 0 bridgehead atoms. The summed E-state index contributed by atoms with van der Waals surface area (Å²) >= 11 is 6.76. The molecule has 9 heteroatoms. The molecule has 1 aliphatic carbocycles. The third-order valence-electron chi connectivity index (χ3n) is 4.96. The fourth-order valence-electron chi connectivity index (χ4n) is 3.51. The first-order valence-electron chi connectivity index (χ1n) is 8.02. The van der Waals surface area contributed by atoms with Crippen molar-refractivity contribution in [2.45, 2.75) is 37.8 Å². The molecule has 0 amide bonds. The van der Waals surface area contributed by atoms with Gasteiger partial charge in [0.1, 0.15) is 4.47 Å². The van der Waals surface area contributed by atoms with Crippen LogP contribution in [0.5, 0.6) is 0 Å². The number of nitro benzene ring substituents is 1. The molecule has 128 valence electrons. The van der Waals surface area contributed by atoms with Crippen LogP contribution in [0, 0.1) is 10.1 Å². The van der Waals surface area contributed by atoms with Crippen LogP contribution in [0.25, 0.3) is 11.0 Å². The first kappa shape index (κ1) is 16.3. The van der Waals surface area contributed by atoms with Gasteiger partial charge < -0.3 is 15.2 Å². The summed E-state index contributed by atoms with van der Waals surface area (Å²) in [5, 5.41) is 11.6. The van der Waals surface area contributed by atoms with Gasteiger partial charge in [0, 0.05) is 29.6 Å². The number of fused-ring (bicyclic) bond motifs is 1. The molecule has 0 unspecified atom stereocenters. The van der Waals surface area contributed by atoms with Crippen LogP contribution in [0.3, 0.4) is 0 Å². The molecule has 2 fully saturated rings.